The molecule has 1 atom stereocenters. The van der Waals surface area contributed by atoms with Gasteiger partial charge in [-0.2, -0.15) is 13.2 Å². The Morgan fingerprint density at radius 1 is 1.19 bits per heavy atom. The fraction of sp³-hybridized carbons (Fsp3) is 0.381. The molecule has 1 saturated heterocycles. The Hall–Kier alpha value is -3.26. The number of hydrogen-bond acceptors (Lipinski definition) is 5. The maximum absolute atomic E-state index is 14.4. The number of urea groups is 1. The van der Waals surface area contributed by atoms with Gasteiger partial charge in [-0.25, -0.2) is 23.3 Å². The summed E-state index contributed by atoms with van der Waals surface area (Å²) in [6.07, 6.45) is -7.09. The van der Waals surface area contributed by atoms with Gasteiger partial charge in [0.15, 0.2) is 16.8 Å². The SMILES string of the molecule is CN(C(=O)CC(C)(C)[C@H]1CN(C(=O)O)C(=O)N1c1cc(C(F)(F)F)c(Cl)nn1)c1ccc(F)c(Cl)c1F. The largest absolute Gasteiger partial charge is 0.465 e. The summed E-state index contributed by atoms with van der Waals surface area (Å²) in [6.45, 7) is 2.38. The summed E-state index contributed by atoms with van der Waals surface area (Å²) in [5.74, 6) is -3.62. The Bertz CT molecular complexity index is 1280. The minimum atomic E-state index is -4.96. The fourth-order valence-corrected chi connectivity index (χ4v) is 4.19. The molecule has 3 rings (SSSR count). The predicted molar refractivity (Wildman–Crippen MR) is 122 cm³/mol. The van der Waals surface area contributed by atoms with E-state index >= 15 is 0 Å². The molecule has 1 aliphatic heterocycles. The number of benzene rings is 1. The van der Waals surface area contributed by atoms with E-state index in [-0.39, 0.29) is 5.69 Å². The highest BCUT2D eigenvalue weighted by Gasteiger charge is 2.50. The van der Waals surface area contributed by atoms with E-state index in [1.54, 1.807) is 0 Å². The molecule has 0 bridgehead atoms. The number of rotatable bonds is 5. The van der Waals surface area contributed by atoms with Crippen molar-refractivity contribution in [1.29, 1.82) is 0 Å². The number of alkyl halides is 3. The van der Waals surface area contributed by atoms with Crippen molar-refractivity contribution in [3.8, 4) is 0 Å². The summed E-state index contributed by atoms with van der Waals surface area (Å²) in [4.78, 5) is 39.5. The lowest BCUT2D eigenvalue weighted by molar-refractivity contribution is -0.137. The van der Waals surface area contributed by atoms with E-state index in [0.29, 0.717) is 15.9 Å². The highest BCUT2D eigenvalue weighted by atomic mass is 35.5. The van der Waals surface area contributed by atoms with E-state index in [2.05, 4.69) is 10.2 Å². The summed E-state index contributed by atoms with van der Waals surface area (Å²) in [6, 6.07) is -0.124. The van der Waals surface area contributed by atoms with Crippen LogP contribution in [-0.2, 0) is 11.0 Å². The standard InChI is InChI=1S/C21H18Cl2F5N5O4/c1-20(2,7-14(34)31(3)11-5-4-10(24)15(22)16(11)25)12-8-32(19(36)37)18(35)33(12)13-6-9(21(26,27)28)17(23)30-29-13/h4-6,12H,7-8H2,1-3H3,(H,36,37)/t12-/m1/s1. The van der Waals surface area contributed by atoms with Crippen LogP contribution in [0.4, 0.5) is 43.0 Å². The number of aromatic nitrogens is 2. The number of imide groups is 1. The number of halogens is 7. The molecule has 1 aliphatic rings. The van der Waals surface area contributed by atoms with E-state index in [4.69, 9.17) is 23.2 Å². The van der Waals surface area contributed by atoms with Crippen molar-refractivity contribution in [1.82, 2.24) is 15.1 Å². The van der Waals surface area contributed by atoms with Gasteiger partial charge in [-0.1, -0.05) is 37.0 Å². The molecule has 1 aromatic heterocycles. The quantitative estimate of drug-likeness (QED) is 0.379. The van der Waals surface area contributed by atoms with Crippen LogP contribution < -0.4 is 9.80 Å². The molecular formula is C21H18Cl2F5N5O4. The van der Waals surface area contributed by atoms with Crippen LogP contribution in [0.5, 0.6) is 0 Å². The molecule has 0 spiro atoms. The molecular weight excluding hydrogens is 552 g/mol. The normalized spacial score (nSPS) is 16.4. The maximum Gasteiger partial charge on any atom is 0.419 e. The van der Waals surface area contributed by atoms with E-state index in [1.807, 2.05) is 0 Å². The van der Waals surface area contributed by atoms with Gasteiger partial charge in [0.25, 0.3) is 0 Å². The molecule has 1 aromatic carbocycles. The van der Waals surface area contributed by atoms with Gasteiger partial charge in [-0.3, -0.25) is 9.69 Å². The highest BCUT2D eigenvalue weighted by Crippen LogP contribution is 2.40. The molecule has 200 valence electrons. The molecule has 0 unspecified atom stereocenters. The topological polar surface area (TPSA) is 107 Å². The first-order valence-electron chi connectivity index (χ1n) is 10.3. The maximum atomic E-state index is 14.4. The average Bonchev–Trinajstić information content (AvgIpc) is 3.15. The van der Waals surface area contributed by atoms with E-state index < -0.39 is 81.8 Å². The second-order valence-corrected chi connectivity index (χ2v) is 9.51. The third-order valence-electron chi connectivity index (χ3n) is 5.88. The number of carbonyl (C=O) groups is 3. The lowest BCUT2D eigenvalue weighted by atomic mass is 9.80. The zero-order valence-corrected chi connectivity index (χ0v) is 20.8. The Morgan fingerprint density at radius 2 is 1.81 bits per heavy atom. The fourth-order valence-electron chi connectivity index (χ4n) is 3.83. The van der Waals surface area contributed by atoms with E-state index in [1.165, 1.54) is 20.9 Å². The summed E-state index contributed by atoms with van der Waals surface area (Å²) >= 11 is 11.1. The van der Waals surface area contributed by atoms with Gasteiger partial charge in [0, 0.05) is 13.5 Å². The second-order valence-electron chi connectivity index (χ2n) is 8.78. The van der Waals surface area contributed by atoms with Crippen LogP contribution >= 0.6 is 23.2 Å². The second kappa shape index (κ2) is 9.89. The van der Waals surface area contributed by atoms with Crippen molar-refractivity contribution in [3.05, 3.63) is 45.6 Å². The first kappa shape index (κ1) is 28.3. The van der Waals surface area contributed by atoms with Crippen molar-refractivity contribution in [2.24, 2.45) is 5.41 Å². The molecule has 0 saturated carbocycles. The number of anilines is 2. The third-order valence-corrected chi connectivity index (χ3v) is 6.51. The van der Waals surface area contributed by atoms with Crippen molar-refractivity contribution in [2.45, 2.75) is 32.5 Å². The van der Waals surface area contributed by atoms with Gasteiger partial charge in [-0.15, -0.1) is 10.2 Å². The molecule has 0 radical (unpaired) electrons. The molecule has 4 amide bonds. The van der Waals surface area contributed by atoms with Gasteiger partial charge in [0.2, 0.25) is 5.91 Å². The number of amides is 4. The van der Waals surface area contributed by atoms with Crippen LogP contribution in [0.1, 0.15) is 25.8 Å². The van der Waals surface area contributed by atoms with Crippen molar-refractivity contribution < 1.29 is 41.4 Å². The molecule has 2 aromatic rings. The van der Waals surface area contributed by atoms with Gasteiger partial charge in [-0.05, 0) is 23.6 Å². The van der Waals surface area contributed by atoms with Gasteiger partial charge in [0.1, 0.15) is 10.8 Å². The van der Waals surface area contributed by atoms with E-state index in [0.717, 1.165) is 17.0 Å². The van der Waals surface area contributed by atoms with Gasteiger partial charge < -0.3 is 10.0 Å². The molecule has 2 heterocycles. The van der Waals surface area contributed by atoms with Crippen LogP contribution in [0.2, 0.25) is 10.2 Å². The summed E-state index contributed by atoms with van der Waals surface area (Å²) in [7, 11) is 1.19. The first-order valence-corrected chi connectivity index (χ1v) is 11.1. The lowest BCUT2D eigenvalue weighted by Crippen LogP contribution is -2.47. The monoisotopic (exact) mass is 569 g/mol. The average molecular weight is 570 g/mol. The molecule has 37 heavy (non-hydrogen) atoms. The predicted octanol–water partition coefficient (Wildman–Crippen LogP) is 5.45. The highest BCUT2D eigenvalue weighted by molar-refractivity contribution is 6.31. The van der Waals surface area contributed by atoms with Crippen molar-refractivity contribution >= 4 is 52.7 Å². The zero-order valence-electron chi connectivity index (χ0n) is 19.3. The number of nitrogens with zero attached hydrogens (tertiary/aromatic N) is 5. The van der Waals surface area contributed by atoms with Crippen LogP contribution in [0.3, 0.4) is 0 Å². The Morgan fingerprint density at radius 3 is 2.38 bits per heavy atom. The lowest BCUT2D eigenvalue weighted by Gasteiger charge is -2.36. The molecule has 0 aliphatic carbocycles. The Labute approximate surface area is 216 Å². The van der Waals surface area contributed by atoms with Crippen molar-refractivity contribution in [2.75, 3.05) is 23.4 Å². The molecule has 16 heteroatoms. The van der Waals surface area contributed by atoms with Gasteiger partial charge >= 0.3 is 18.3 Å². The van der Waals surface area contributed by atoms with Gasteiger partial charge in [0.05, 0.1) is 23.8 Å². The van der Waals surface area contributed by atoms with Crippen LogP contribution in [-0.4, -0.2) is 57.9 Å². The molecule has 9 nitrogen and oxygen atoms in total. The van der Waals surface area contributed by atoms with Crippen LogP contribution in [0, 0.1) is 17.0 Å². The third kappa shape index (κ3) is 5.39. The number of hydrogen-bond donors (Lipinski definition) is 1. The minimum Gasteiger partial charge on any atom is -0.465 e. The number of carboxylic acid groups (broad SMARTS) is 1. The number of carbonyl (C=O) groups excluding carboxylic acids is 2. The zero-order chi connectivity index (χ0) is 28.0. The Kier molecular flexibility index (Phi) is 7.57. The summed E-state index contributed by atoms with van der Waals surface area (Å²) in [5, 5.41) is 14.4. The van der Waals surface area contributed by atoms with Crippen molar-refractivity contribution in [3.63, 3.8) is 0 Å². The van der Waals surface area contributed by atoms with E-state index in [9.17, 15) is 41.4 Å². The summed E-state index contributed by atoms with van der Waals surface area (Å²) in [5.41, 5.74) is -3.07. The smallest absolute Gasteiger partial charge is 0.419 e. The minimum absolute atomic E-state index is 0.350. The Balaban J connectivity index is 1.99. The summed E-state index contributed by atoms with van der Waals surface area (Å²) < 4.78 is 68.1. The van der Waals surface area contributed by atoms with Crippen LogP contribution in [0.15, 0.2) is 18.2 Å². The molecule has 1 N–H and O–H groups in total. The first-order chi connectivity index (χ1) is 17.0. The van der Waals surface area contributed by atoms with Crippen LogP contribution in [0.25, 0.3) is 0 Å². The molecule has 1 fully saturated rings.